The Morgan fingerprint density at radius 2 is 1.53 bits per heavy atom. The first kappa shape index (κ1) is 24.5. The summed E-state index contributed by atoms with van der Waals surface area (Å²) in [5, 5.41) is 31.1. The fourth-order valence-corrected chi connectivity index (χ4v) is 4.89. The van der Waals surface area contributed by atoms with E-state index in [-0.39, 0.29) is 16.8 Å². The highest BCUT2D eigenvalue weighted by Crippen LogP contribution is 2.56. The first-order valence-corrected chi connectivity index (χ1v) is 11.3. The molecule has 1 aliphatic rings. The Morgan fingerprint density at radius 1 is 0.889 bits per heavy atom. The molecule has 3 aromatic rings. The summed E-state index contributed by atoms with van der Waals surface area (Å²) in [5.74, 6) is -2.36. The third-order valence-corrected chi connectivity index (χ3v) is 6.20. The molecular weight excluding hydrogens is 466 g/mol. The zero-order chi connectivity index (χ0) is 26.0. The quantitative estimate of drug-likeness (QED) is 0.172. The van der Waals surface area contributed by atoms with Gasteiger partial charge in [0.25, 0.3) is 5.69 Å². The van der Waals surface area contributed by atoms with E-state index in [9.17, 15) is 29.9 Å². The largest absolute Gasteiger partial charge is 0.509 e. The summed E-state index contributed by atoms with van der Waals surface area (Å²) in [6.07, 6.45) is -2.29. The van der Waals surface area contributed by atoms with Gasteiger partial charge >= 0.3 is 18.1 Å². The van der Waals surface area contributed by atoms with Crippen LogP contribution in [0.15, 0.2) is 66.7 Å². The van der Waals surface area contributed by atoms with Gasteiger partial charge in [0, 0.05) is 23.3 Å². The molecule has 0 radical (unpaired) electrons. The Bertz CT molecular complexity index is 1380. The SMILES string of the molecule is CCc1ccc2c(c1CC)C(c1cccc([N+](=O)[O-])c1)=C(c1ccccc1)C2(OC(=O)O)OC(=O)O. The molecule has 0 fully saturated rings. The minimum atomic E-state index is -2.36. The number of carbonyl (C=O) groups is 2. The van der Waals surface area contributed by atoms with E-state index in [1.54, 1.807) is 48.5 Å². The summed E-state index contributed by atoms with van der Waals surface area (Å²) in [7, 11) is 0. The normalized spacial score (nSPS) is 13.7. The van der Waals surface area contributed by atoms with Gasteiger partial charge in [-0.1, -0.05) is 62.4 Å². The van der Waals surface area contributed by atoms with E-state index in [0.717, 1.165) is 11.1 Å². The number of ether oxygens (including phenoxy) is 2. The summed E-state index contributed by atoms with van der Waals surface area (Å²) < 4.78 is 10.7. The van der Waals surface area contributed by atoms with Crippen LogP contribution in [-0.2, 0) is 28.1 Å². The van der Waals surface area contributed by atoms with Crippen LogP contribution < -0.4 is 0 Å². The minimum absolute atomic E-state index is 0.131. The summed E-state index contributed by atoms with van der Waals surface area (Å²) >= 11 is 0. The summed E-state index contributed by atoms with van der Waals surface area (Å²) in [4.78, 5) is 35.0. The van der Waals surface area contributed by atoms with Crippen LogP contribution in [-0.4, -0.2) is 27.4 Å². The van der Waals surface area contributed by atoms with E-state index in [2.05, 4.69) is 0 Å². The lowest BCUT2D eigenvalue weighted by atomic mass is 9.88. The van der Waals surface area contributed by atoms with Crippen molar-refractivity contribution < 1.29 is 34.2 Å². The lowest BCUT2D eigenvalue weighted by Crippen LogP contribution is -2.37. The van der Waals surface area contributed by atoms with Crippen LogP contribution in [0.25, 0.3) is 11.1 Å². The molecular formula is C27H23NO8. The van der Waals surface area contributed by atoms with Crippen molar-refractivity contribution in [2.75, 3.05) is 0 Å². The number of carboxylic acid groups (broad SMARTS) is 2. The number of benzene rings is 3. The number of hydrogen-bond acceptors (Lipinski definition) is 6. The lowest BCUT2D eigenvalue weighted by Gasteiger charge is -2.30. The van der Waals surface area contributed by atoms with Crippen LogP contribution >= 0.6 is 0 Å². The van der Waals surface area contributed by atoms with Crippen molar-refractivity contribution in [3.05, 3.63) is 110 Å². The number of nitro groups is 1. The molecule has 0 spiro atoms. The predicted octanol–water partition coefficient (Wildman–Crippen LogP) is 6.23. The van der Waals surface area contributed by atoms with Crippen molar-refractivity contribution in [2.24, 2.45) is 0 Å². The molecule has 0 aliphatic heterocycles. The molecule has 36 heavy (non-hydrogen) atoms. The van der Waals surface area contributed by atoms with Crippen LogP contribution in [0.2, 0.25) is 0 Å². The number of rotatable bonds is 7. The van der Waals surface area contributed by atoms with E-state index in [1.807, 2.05) is 13.8 Å². The molecule has 0 atom stereocenters. The van der Waals surface area contributed by atoms with Crippen molar-refractivity contribution in [2.45, 2.75) is 32.5 Å². The molecule has 1 aliphatic carbocycles. The second-order valence-corrected chi connectivity index (χ2v) is 8.11. The van der Waals surface area contributed by atoms with Crippen LogP contribution in [0.1, 0.15) is 47.2 Å². The molecule has 9 nitrogen and oxygen atoms in total. The molecule has 0 saturated heterocycles. The third-order valence-electron chi connectivity index (χ3n) is 6.20. The number of nitrogens with zero attached hydrogens (tertiary/aromatic N) is 1. The second-order valence-electron chi connectivity index (χ2n) is 8.11. The van der Waals surface area contributed by atoms with Crippen molar-refractivity contribution in [1.29, 1.82) is 0 Å². The highest BCUT2D eigenvalue weighted by atomic mass is 16.8. The number of hydrogen-bond donors (Lipinski definition) is 2. The monoisotopic (exact) mass is 489 g/mol. The predicted molar refractivity (Wildman–Crippen MR) is 131 cm³/mol. The van der Waals surface area contributed by atoms with Gasteiger partial charge < -0.3 is 19.7 Å². The van der Waals surface area contributed by atoms with E-state index in [0.29, 0.717) is 35.1 Å². The topological polar surface area (TPSA) is 136 Å². The molecule has 184 valence electrons. The first-order chi connectivity index (χ1) is 17.2. The molecule has 0 saturated carbocycles. The highest BCUT2D eigenvalue weighted by molar-refractivity contribution is 6.08. The zero-order valence-corrected chi connectivity index (χ0v) is 19.6. The van der Waals surface area contributed by atoms with Gasteiger partial charge in [-0.2, -0.15) is 0 Å². The highest BCUT2D eigenvalue weighted by Gasteiger charge is 2.54. The fraction of sp³-hybridized carbons (Fsp3) is 0.185. The number of fused-ring (bicyclic) bond motifs is 1. The van der Waals surface area contributed by atoms with Crippen LogP contribution in [0.5, 0.6) is 0 Å². The van der Waals surface area contributed by atoms with Crippen molar-refractivity contribution >= 4 is 29.1 Å². The average Bonchev–Trinajstić information content (AvgIpc) is 3.12. The maximum Gasteiger partial charge on any atom is 0.509 e. The summed E-state index contributed by atoms with van der Waals surface area (Å²) in [6, 6.07) is 17.8. The Kier molecular flexibility index (Phi) is 6.48. The third kappa shape index (κ3) is 4.04. The van der Waals surface area contributed by atoms with Crippen LogP contribution in [0.3, 0.4) is 0 Å². The Balaban J connectivity index is 2.25. The Morgan fingerprint density at radius 3 is 2.08 bits per heavy atom. The van der Waals surface area contributed by atoms with Crippen LogP contribution in [0.4, 0.5) is 15.3 Å². The van der Waals surface area contributed by atoms with Crippen LogP contribution in [0, 0.1) is 10.1 Å². The van der Waals surface area contributed by atoms with Crippen molar-refractivity contribution in [1.82, 2.24) is 0 Å². The van der Waals surface area contributed by atoms with Crippen molar-refractivity contribution in [3.63, 3.8) is 0 Å². The maximum absolute atomic E-state index is 12.0. The molecule has 3 aromatic carbocycles. The van der Waals surface area contributed by atoms with Gasteiger partial charge in [-0.15, -0.1) is 0 Å². The first-order valence-electron chi connectivity index (χ1n) is 11.3. The Labute approximate surface area is 206 Å². The maximum atomic E-state index is 12.0. The van der Waals surface area contributed by atoms with Crippen molar-refractivity contribution in [3.8, 4) is 0 Å². The zero-order valence-electron chi connectivity index (χ0n) is 19.6. The van der Waals surface area contributed by atoms with E-state index >= 15 is 0 Å². The summed E-state index contributed by atoms with van der Waals surface area (Å²) in [5.41, 5.74) is 3.76. The van der Waals surface area contributed by atoms with Gasteiger partial charge in [-0.05, 0) is 46.7 Å². The van der Waals surface area contributed by atoms with Gasteiger partial charge in [0.05, 0.1) is 10.5 Å². The smallest absolute Gasteiger partial charge is 0.450 e. The van der Waals surface area contributed by atoms with Gasteiger partial charge in [0.15, 0.2) is 0 Å². The molecule has 9 heteroatoms. The average molecular weight is 489 g/mol. The summed E-state index contributed by atoms with van der Waals surface area (Å²) in [6.45, 7) is 3.90. The van der Waals surface area contributed by atoms with E-state index in [1.165, 1.54) is 18.2 Å². The number of nitro benzene ring substituents is 1. The van der Waals surface area contributed by atoms with Gasteiger partial charge in [-0.25, -0.2) is 9.59 Å². The molecule has 0 unspecified atom stereocenters. The molecule has 0 heterocycles. The van der Waals surface area contributed by atoms with E-state index in [4.69, 9.17) is 9.47 Å². The molecule has 2 N–H and O–H groups in total. The number of non-ortho nitro benzene ring substituents is 1. The van der Waals surface area contributed by atoms with Gasteiger partial charge in [0.1, 0.15) is 0 Å². The molecule has 4 rings (SSSR count). The minimum Gasteiger partial charge on any atom is -0.450 e. The Hall–Kier alpha value is -4.66. The van der Waals surface area contributed by atoms with E-state index < -0.39 is 23.0 Å². The van der Waals surface area contributed by atoms with Gasteiger partial charge in [0.2, 0.25) is 0 Å². The fourth-order valence-electron chi connectivity index (χ4n) is 4.89. The molecule has 0 amide bonds. The standard InChI is InChI=1S/C27H23NO8/c1-3-16-13-14-21-23(20(16)4-2)22(18-11-8-12-19(15-18)28(33)34)24(17-9-6-5-7-10-17)27(21,35-25(29)30)36-26(31)32/h5-15H,3-4H2,1-2H3,(H,29,30)(H,31,32). The number of aryl methyl sites for hydroxylation is 1. The molecule has 0 aromatic heterocycles. The van der Waals surface area contributed by atoms with Gasteiger partial charge in [-0.3, -0.25) is 10.1 Å². The second kappa shape index (κ2) is 9.53. The molecule has 0 bridgehead atoms. The lowest BCUT2D eigenvalue weighted by molar-refractivity contribution is -0.384.